The van der Waals surface area contributed by atoms with Gasteiger partial charge in [-0.1, -0.05) is 84.9 Å². The second-order valence-corrected chi connectivity index (χ2v) is 8.86. The van der Waals surface area contributed by atoms with Crippen molar-refractivity contribution >= 4 is 27.5 Å². The zero-order valence-electron chi connectivity index (χ0n) is 19.5. The van der Waals surface area contributed by atoms with Crippen LogP contribution in [0.1, 0.15) is 27.5 Å². The van der Waals surface area contributed by atoms with E-state index in [-0.39, 0.29) is 18.0 Å². The van der Waals surface area contributed by atoms with E-state index in [1.54, 1.807) is 6.07 Å². The van der Waals surface area contributed by atoms with Crippen LogP contribution in [0.3, 0.4) is 0 Å². The molecule has 0 aliphatic heterocycles. The standard InChI is InChI=1S/C31H23N2O3/c34-28(25-15-14-22-8-4-5-11-24(22)18-25)20-32-16-17-33(21-32)30(23-9-2-1-3-10-23)27-19-26-12-6-7-13-29(26)36-31(27)35/h1-19,21,30H,20H2/q+1. The fourth-order valence-electron chi connectivity index (χ4n) is 4.69. The summed E-state index contributed by atoms with van der Waals surface area (Å²) in [6.45, 7) is 0.194. The van der Waals surface area contributed by atoms with Gasteiger partial charge in [0.1, 0.15) is 18.0 Å². The van der Waals surface area contributed by atoms with Crippen LogP contribution in [-0.2, 0) is 6.54 Å². The molecule has 0 radical (unpaired) electrons. The van der Waals surface area contributed by atoms with Crippen LogP contribution in [0.2, 0.25) is 0 Å². The van der Waals surface area contributed by atoms with Crippen molar-refractivity contribution in [3.05, 3.63) is 149 Å². The Morgan fingerprint density at radius 1 is 0.806 bits per heavy atom. The van der Waals surface area contributed by atoms with Crippen LogP contribution in [0, 0.1) is 0 Å². The number of aromatic nitrogens is 2. The number of nitrogens with zero attached hydrogens (tertiary/aromatic N) is 2. The lowest BCUT2D eigenvalue weighted by Gasteiger charge is -2.14. The molecule has 5 nitrogen and oxygen atoms in total. The average molecular weight is 472 g/mol. The molecule has 174 valence electrons. The molecular formula is C31H23N2O3+. The van der Waals surface area contributed by atoms with Gasteiger partial charge in [0.05, 0.1) is 5.56 Å². The van der Waals surface area contributed by atoms with Crippen LogP contribution < -0.4 is 10.2 Å². The number of ketones is 1. The highest BCUT2D eigenvalue weighted by molar-refractivity contribution is 5.99. The second kappa shape index (κ2) is 9.12. The van der Waals surface area contributed by atoms with Gasteiger partial charge in [0.2, 0.25) is 12.1 Å². The summed E-state index contributed by atoms with van der Waals surface area (Å²) in [6, 6.07) is 32.6. The van der Waals surface area contributed by atoms with E-state index in [9.17, 15) is 9.59 Å². The van der Waals surface area contributed by atoms with E-state index in [0.29, 0.717) is 16.7 Å². The summed E-state index contributed by atoms with van der Waals surface area (Å²) in [6.07, 6.45) is 5.61. The summed E-state index contributed by atoms with van der Waals surface area (Å²) in [5, 5.41) is 3.01. The van der Waals surface area contributed by atoms with Gasteiger partial charge in [-0.3, -0.25) is 4.79 Å². The maximum atomic E-state index is 13.1. The number of Topliss-reactive ketones (excluding diaryl/α,β-unsaturated/α-hetero) is 1. The summed E-state index contributed by atoms with van der Waals surface area (Å²) in [5.41, 5.74) is 2.33. The Morgan fingerprint density at radius 2 is 1.53 bits per heavy atom. The van der Waals surface area contributed by atoms with Crippen molar-refractivity contribution in [2.75, 3.05) is 0 Å². The van der Waals surface area contributed by atoms with E-state index in [1.165, 1.54) is 0 Å². The first-order valence-electron chi connectivity index (χ1n) is 11.8. The van der Waals surface area contributed by atoms with Crippen molar-refractivity contribution in [2.24, 2.45) is 0 Å². The maximum absolute atomic E-state index is 13.1. The Balaban J connectivity index is 1.36. The third-order valence-electron chi connectivity index (χ3n) is 6.49. The number of para-hydroxylation sites is 1. The predicted octanol–water partition coefficient (Wildman–Crippen LogP) is 5.56. The van der Waals surface area contributed by atoms with Gasteiger partial charge < -0.3 is 4.42 Å². The van der Waals surface area contributed by atoms with Crippen LogP contribution >= 0.6 is 0 Å². The lowest BCUT2D eigenvalue weighted by Crippen LogP contribution is -2.36. The summed E-state index contributed by atoms with van der Waals surface area (Å²) < 4.78 is 9.44. The second-order valence-electron chi connectivity index (χ2n) is 8.86. The Morgan fingerprint density at radius 3 is 2.36 bits per heavy atom. The maximum Gasteiger partial charge on any atom is 0.344 e. The zero-order valence-corrected chi connectivity index (χ0v) is 19.5. The van der Waals surface area contributed by atoms with Crippen LogP contribution in [0.5, 0.6) is 0 Å². The fraction of sp³-hybridized carbons (Fsp3) is 0.0645. The van der Waals surface area contributed by atoms with E-state index in [4.69, 9.17) is 4.42 Å². The van der Waals surface area contributed by atoms with E-state index >= 15 is 0 Å². The van der Waals surface area contributed by atoms with Crippen molar-refractivity contribution in [1.82, 2.24) is 4.57 Å². The third-order valence-corrected chi connectivity index (χ3v) is 6.49. The largest absolute Gasteiger partial charge is 0.422 e. The molecular weight excluding hydrogens is 448 g/mol. The summed E-state index contributed by atoms with van der Waals surface area (Å²) in [7, 11) is 0. The molecule has 4 aromatic carbocycles. The molecule has 0 saturated heterocycles. The van der Waals surface area contributed by atoms with Crippen LogP contribution in [0.4, 0.5) is 0 Å². The molecule has 0 aliphatic carbocycles. The lowest BCUT2D eigenvalue weighted by molar-refractivity contribution is -0.682. The minimum atomic E-state index is -0.399. The predicted molar refractivity (Wildman–Crippen MR) is 139 cm³/mol. The minimum absolute atomic E-state index is 0.0185. The number of rotatable bonds is 6. The third kappa shape index (κ3) is 4.12. The molecule has 6 aromatic rings. The van der Waals surface area contributed by atoms with E-state index in [0.717, 1.165) is 21.7 Å². The molecule has 0 bridgehead atoms. The zero-order chi connectivity index (χ0) is 24.5. The summed E-state index contributed by atoms with van der Waals surface area (Å²) in [4.78, 5) is 26.1. The fourth-order valence-corrected chi connectivity index (χ4v) is 4.69. The van der Waals surface area contributed by atoms with Gasteiger partial charge in [0, 0.05) is 16.5 Å². The molecule has 6 rings (SSSR count). The van der Waals surface area contributed by atoms with E-state index < -0.39 is 6.04 Å². The quantitative estimate of drug-likeness (QED) is 0.182. The monoisotopic (exact) mass is 471 g/mol. The van der Waals surface area contributed by atoms with Gasteiger partial charge >= 0.3 is 5.63 Å². The first-order chi connectivity index (χ1) is 17.7. The average Bonchev–Trinajstić information content (AvgIpc) is 3.37. The molecule has 0 aliphatic rings. The number of hydrogen-bond acceptors (Lipinski definition) is 3. The van der Waals surface area contributed by atoms with Crippen molar-refractivity contribution in [1.29, 1.82) is 0 Å². The molecule has 0 N–H and O–H groups in total. The molecule has 0 spiro atoms. The number of fused-ring (bicyclic) bond motifs is 2. The van der Waals surface area contributed by atoms with Gasteiger partial charge in [0.25, 0.3) is 0 Å². The van der Waals surface area contributed by atoms with Crippen molar-refractivity contribution < 1.29 is 13.8 Å². The van der Waals surface area contributed by atoms with Crippen LogP contribution in [-0.4, -0.2) is 10.4 Å². The Kier molecular flexibility index (Phi) is 5.51. The summed E-state index contributed by atoms with van der Waals surface area (Å²) in [5.74, 6) is 0.0185. The molecule has 2 heterocycles. The van der Waals surface area contributed by atoms with Crippen LogP contribution in [0.25, 0.3) is 21.7 Å². The van der Waals surface area contributed by atoms with Crippen LogP contribution in [0.15, 0.2) is 131 Å². The molecule has 1 atom stereocenters. The minimum Gasteiger partial charge on any atom is -0.422 e. The van der Waals surface area contributed by atoms with Gasteiger partial charge in [-0.25, -0.2) is 13.9 Å². The van der Waals surface area contributed by atoms with E-state index in [1.807, 2.05) is 125 Å². The molecule has 5 heteroatoms. The first kappa shape index (κ1) is 21.7. The molecule has 0 amide bonds. The van der Waals surface area contributed by atoms with Crippen molar-refractivity contribution in [3.63, 3.8) is 0 Å². The van der Waals surface area contributed by atoms with E-state index in [2.05, 4.69) is 0 Å². The highest BCUT2D eigenvalue weighted by atomic mass is 16.4. The lowest BCUT2D eigenvalue weighted by atomic mass is 9.99. The summed E-state index contributed by atoms with van der Waals surface area (Å²) >= 11 is 0. The number of carbonyl (C=O) groups is 1. The Hall–Kier alpha value is -4.77. The first-order valence-corrected chi connectivity index (χ1v) is 11.8. The topological polar surface area (TPSA) is 56.1 Å². The molecule has 0 saturated carbocycles. The Bertz CT molecular complexity index is 1770. The molecule has 36 heavy (non-hydrogen) atoms. The van der Waals surface area contributed by atoms with Crippen molar-refractivity contribution in [2.45, 2.75) is 12.6 Å². The van der Waals surface area contributed by atoms with Gasteiger partial charge in [-0.2, -0.15) is 0 Å². The smallest absolute Gasteiger partial charge is 0.344 e. The Labute approximate surface area is 207 Å². The number of imidazole rings is 1. The molecule has 0 fully saturated rings. The van der Waals surface area contributed by atoms with Gasteiger partial charge in [-0.15, -0.1) is 0 Å². The normalized spacial score (nSPS) is 12.1. The SMILES string of the molecule is O=C(C[n+]1ccn(C(c2ccccc2)c2cc3ccccc3oc2=O)c1)c1ccc2ccccc2c1. The number of hydrogen-bond donors (Lipinski definition) is 0. The van der Waals surface area contributed by atoms with Gasteiger partial charge in [-0.05, 0) is 29.0 Å². The molecule has 1 unspecified atom stereocenters. The number of benzene rings is 4. The van der Waals surface area contributed by atoms with Crippen molar-refractivity contribution in [3.8, 4) is 0 Å². The number of carbonyl (C=O) groups excluding carboxylic acids is 1. The highest BCUT2D eigenvalue weighted by Gasteiger charge is 2.26. The molecule has 2 aromatic heterocycles. The van der Waals surface area contributed by atoms with Gasteiger partial charge in [0.15, 0.2) is 12.6 Å². The highest BCUT2D eigenvalue weighted by Crippen LogP contribution is 2.26.